The zero-order valence-electron chi connectivity index (χ0n) is 13.5. The van der Waals surface area contributed by atoms with Crippen molar-refractivity contribution in [1.82, 2.24) is 14.8 Å². The number of anilines is 1. The van der Waals surface area contributed by atoms with E-state index >= 15 is 0 Å². The first-order valence-electron chi connectivity index (χ1n) is 7.95. The van der Waals surface area contributed by atoms with Gasteiger partial charge in [0, 0.05) is 30.8 Å². The summed E-state index contributed by atoms with van der Waals surface area (Å²) in [6.45, 7) is 0.557. The van der Waals surface area contributed by atoms with Crippen LogP contribution >= 0.6 is 0 Å². The maximum absolute atomic E-state index is 6.13. The SMILES string of the molecule is Cn1nc2c(N)nc3ccccc3c2c1Cc1ccc(CN)cc1. The normalized spacial score (nSPS) is 11.4. The van der Waals surface area contributed by atoms with E-state index in [4.69, 9.17) is 11.5 Å². The Balaban J connectivity index is 1.92. The lowest BCUT2D eigenvalue weighted by Gasteiger charge is -2.06. The minimum Gasteiger partial charge on any atom is -0.382 e. The first-order valence-corrected chi connectivity index (χ1v) is 7.95. The molecule has 2 aromatic heterocycles. The number of nitrogens with two attached hydrogens (primary N) is 2. The summed E-state index contributed by atoms with van der Waals surface area (Å²) >= 11 is 0. The van der Waals surface area contributed by atoms with E-state index in [9.17, 15) is 0 Å². The Labute approximate surface area is 139 Å². The number of rotatable bonds is 3. The Morgan fingerprint density at radius 1 is 1.00 bits per heavy atom. The van der Waals surface area contributed by atoms with Gasteiger partial charge in [0.1, 0.15) is 5.52 Å². The second-order valence-electron chi connectivity index (χ2n) is 6.01. The van der Waals surface area contributed by atoms with Crippen molar-refractivity contribution in [3.8, 4) is 0 Å². The number of nitrogen functional groups attached to an aromatic ring is 1. The molecule has 5 heteroatoms. The molecule has 0 atom stereocenters. The smallest absolute Gasteiger partial charge is 0.152 e. The van der Waals surface area contributed by atoms with Gasteiger partial charge in [-0.15, -0.1) is 0 Å². The summed E-state index contributed by atoms with van der Waals surface area (Å²) in [5.41, 5.74) is 17.0. The van der Waals surface area contributed by atoms with Crippen molar-refractivity contribution in [2.75, 3.05) is 5.73 Å². The highest BCUT2D eigenvalue weighted by atomic mass is 15.3. The Morgan fingerprint density at radius 3 is 2.46 bits per heavy atom. The molecule has 4 rings (SSSR count). The van der Waals surface area contributed by atoms with Gasteiger partial charge in [0.05, 0.1) is 11.2 Å². The summed E-state index contributed by atoms with van der Waals surface area (Å²) in [6, 6.07) is 16.4. The molecule has 2 aromatic carbocycles. The van der Waals surface area contributed by atoms with Crippen LogP contribution in [0.15, 0.2) is 48.5 Å². The first-order chi connectivity index (χ1) is 11.7. The Hall–Kier alpha value is -2.92. The van der Waals surface area contributed by atoms with Crippen molar-refractivity contribution < 1.29 is 0 Å². The maximum Gasteiger partial charge on any atom is 0.152 e. The van der Waals surface area contributed by atoms with E-state index in [1.54, 1.807) is 0 Å². The number of hydrogen-bond donors (Lipinski definition) is 2. The van der Waals surface area contributed by atoms with Crippen molar-refractivity contribution in [3.05, 3.63) is 65.4 Å². The van der Waals surface area contributed by atoms with Gasteiger partial charge in [-0.1, -0.05) is 42.5 Å². The van der Waals surface area contributed by atoms with Gasteiger partial charge in [-0.25, -0.2) is 4.98 Å². The fraction of sp³-hybridized carbons (Fsp3) is 0.158. The number of pyridine rings is 1. The number of fused-ring (bicyclic) bond motifs is 3. The van der Waals surface area contributed by atoms with E-state index in [0.717, 1.165) is 39.5 Å². The topological polar surface area (TPSA) is 82.8 Å². The molecule has 0 saturated carbocycles. The molecule has 4 N–H and O–H groups in total. The standard InChI is InChI=1S/C19H19N5/c1-24-16(10-12-6-8-13(11-20)9-7-12)17-14-4-2-3-5-15(14)22-19(21)18(17)23-24/h2-9H,10-11,20H2,1H3,(H2,21,22). The minimum atomic E-state index is 0.476. The molecular formula is C19H19N5. The van der Waals surface area contributed by atoms with Crippen LogP contribution in [0.5, 0.6) is 0 Å². The molecule has 24 heavy (non-hydrogen) atoms. The second-order valence-corrected chi connectivity index (χ2v) is 6.01. The molecule has 0 radical (unpaired) electrons. The lowest BCUT2D eigenvalue weighted by molar-refractivity contribution is 0.734. The number of nitrogens with zero attached hydrogens (tertiary/aromatic N) is 3. The van der Waals surface area contributed by atoms with Gasteiger partial charge >= 0.3 is 0 Å². The molecule has 0 amide bonds. The van der Waals surface area contributed by atoms with Gasteiger partial charge in [-0.3, -0.25) is 4.68 Å². The molecule has 0 aliphatic rings. The van der Waals surface area contributed by atoms with Crippen molar-refractivity contribution in [2.45, 2.75) is 13.0 Å². The number of para-hydroxylation sites is 1. The molecule has 0 saturated heterocycles. The van der Waals surface area contributed by atoms with Crippen LogP contribution < -0.4 is 11.5 Å². The summed E-state index contributed by atoms with van der Waals surface area (Å²) in [7, 11) is 1.96. The van der Waals surface area contributed by atoms with Crippen molar-refractivity contribution in [1.29, 1.82) is 0 Å². The third kappa shape index (κ3) is 2.30. The fourth-order valence-corrected chi connectivity index (χ4v) is 3.18. The highest BCUT2D eigenvalue weighted by molar-refractivity contribution is 6.09. The van der Waals surface area contributed by atoms with Gasteiger partial charge < -0.3 is 11.5 Å². The van der Waals surface area contributed by atoms with Gasteiger partial charge in [0.2, 0.25) is 0 Å². The predicted molar refractivity (Wildman–Crippen MR) is 97.6 cm³/mol. The van der Waals surface area contributed by atoms with Crippen LogP contribution in [0.4, 0.5) is 5.82 Å². The second kappa shape index (κ2) is 5.62. The van der Waals surface area contributed by atoms with Crippen LogP contribution in [0.25, 0.3) is 21.8 Å². The largest absolute Gasteiger partial charge is 0.382 e. The number of hydrogen-bond acceptors (Lipinski definition) is 4. The summed E-state index contributed by atoms with van der Waals surface area (Å²) in [5.74, 6) is 0.476. The van der Waals surface area contributed by atoms with Gasteiger partial charge in [0.25, 0.3) is 0 Å². The highest BCUT2D eigenvalue weighted by Gasteiger charge is 2.16. The van der Waals surface area contributed by atoms with Crippen molar-refractivity contribution in [3.63, 3.8) is 0 Å². The van der Waals surface area contributed by atoms with Gasteiger partial charge in [-0.05, 0) is 17.2 Å². The Bertz CT molecular complexity index is 1030. The summed E-state index contributed by atoms with van der Waals surface area (Å²) in [5, 5.41) is 6.77. The average Bonchev–Trinajstić information content (AvgIpc) is 2.93. The number of aromatic nitrogens is 3. The van der Waals surface area contributed by atoms with Crippen molar-refractivity contribution in [2.24, 2.45) is 12.8 Å². The molecule has 4 aromatic rings. The molecule has 0 spiro atoms. The van der Waals surface area contributed by atoms with E-state index in [-0.39, 0.29) is 0 Å². The highest BCUT2D eigenvalue weighted by Crippen LogP contribution is 2.31. The van der Waals surface area contributed by atoms with Crippen LogP contribution in [0, 0.1) is 0 Å². The Kier molecular flexibility index (Phi) is 3.43. The maximum atomic E-state index is 6.13. The van der Waals surface area contributed by atoms with Gasteiger partial charge in [-0.2, -0.15) is 5.10 Å². The molecule has 0 unspecified atom stereocenters. The summed E-state index contributed by atoms with van der Waals surface area (Å²) in [4.78, 5) is 4.48. The van der Waals surface area contributed by atoms with E-state index < -0.39 is 0 Å². The zero-order valence-corrected chi connectivity index (χ0v) is 13.5. The summed E-state index contributed by atoms with van der Waals surface area (Å²) in [6.07, 6.45) is 0.783. The van der Waals surface area contributed by atoms with E-state index in [2.05, 4.69) is 40.4 Å². The molecular weight excluding hydrogens is 298 g/mol. The van der Waals surface area contributed by atoms with Crippen LogP contribution in [0.2, 0.25) is 0 Å². The lowest BCUT2D eigenvalue weighted by atomic mass is 10.0. The predicted octanol–water partition coefficient (Wildman–Crippen LogP) is 2.75. The van der Waals surface area contributed by atoms with E-state index in [1.165, 1.54) is 5.56 Å². The molecule has 120 valence electrons. The number of benzene rings is 2. The molecule has 0 fully saturated rings. The van der Waals surface area contributed by atoms with Crippen LogP contribution in [0.1, 0.15) is 16.8 Å². The Morgan fingerprint density at radius 2 is 1.71 bits per heavy atom. The average molecular weight is 317 g/mol. The third-order valence-electron chi connectivity index (χ3n) is 4.45. The van der Waals surface area contributed by atoms with Crippen molar-refractivity contribution >= 4 is 27.6 Å². The minimum absolute atomic E-state index is 0.476. The van der Waals surface area contributed by atoms with Crippen LogP contribution in [-0.4, -0.2) is 14.8 Å². The third-order valence-corrected chi connectivity index (χ3v) is 4.45. The monoisotopic (exact) mass is 317 g/mol. The van der Waals surface area contributed by atoms with E-state index in [1.807, 2.05) is 29.9 Å². The molecule has 2 heterocycles. The molecule has 0 aliphatic carbocycles. The van der Waals surface area contributed by atoms with Crippen LogP contribution in [-0.2, 0) is 20.0 Å². The van der Waals surface area contributed by atoms with Crippen LogP contribution in [0.3, 0.4) is 0 Å². The first kappa shape index (κ1) is 14.7. The zero-order chi connectivity index (χ0) is 16.7. The van der Waals surface area contributed by atoms with Gasteiger partial charge in [0.15, 0.2) is 5.82 Å². The lowest BCUT2D eigenvalue weighted by Crippen LogP contribution is -2.00. The molecule has 0 aliphatic heterocycles. The van der Waals surface area contributed by atoms with E-state index in [0.29, 0.717) is 12.4 Å². The quantitative estimate of drug-likeness (QED) is 0.608. The number of aryl methyl sites for hydroxylation is 1. The molecule has 0 bridgehead atoms. The fourth-order valence-electron chi connectivity index (χ4n) is 3.18. The molecule has 5 nitrogen and oxygen atoms in total. The summed E-state index contributed by atoms with van der Waals surface area (Å²) < 4.78 is 1.91.